The number of amides is 1. The number of carbonyl (C=O) groups excluding carboxylic acids is 1. The fourth-order valence-corrected chi connectivity index (χ4v) is 1.80. The average molecular weight is 229 g/mol. The van der Waals surface area contributed by atoms with Crippen LogP contribution in [0.3, 0.4) is 0 Å². The molecule has 94 valence electrons. The third-order valence-electron chi connectivity index (χ3n) is 2.94. The van der Waals surface area contributed by atoms with Crippen LogP contribution in [0.1, 0.15) is 40.5 Å². The monoisotopic (exact) mass is 229 g/mol. The van der Waals surface area contributed by atoms with Gasteiger partial charge in [0, 0.05) is 26.0 Å². The minimum absolute atomic E-state index is 0.0139. The molecule has 0 radical (unpaired) electrons. The summed E-state index contributed by atoms with van der Waals surface area (Å²) in [7, 11) is 0. The molecule has 4 nitrogen and oxygen atoms in total. The number of rotatable bonds is 3. The molecule has 1 heterocycles. The summed E-state index contributed by atoms with van der Waals surface area (Å²) in [6.07, 6.45) is 0.852. The molecule has 16 heavy (non-hydrogen) atoms. The van der Waals surface area contributed by atoms with Crippen LogP contribution < -0.4 is 5.32 Å². The Bertz CT molecular complexity index is 259. The summed E-state index contributed by atoms with van der Waals surface area (Å²) in [5, 5.41) is 13.0. The summed E-state index contributed by atoms with van der Waals surface area (Å²) < 4.78 is 5.30. The van der Waals surface area contributed by atoms with E-state index in [-0.39, 0.29) is 24.0 Å². The van der Waals surface area contributed by atoms with Gasteiger partial charge < -0.3 is 15.2 Å². The van der Waals surface area contributed by atoms with Gasteiger partial charge in [0.2, 0.25) is 5.91 Å². The Morgan fingerprint density at radius 3 is 2.62 bits per heavy atom. The van der Waals surface area contributed by atoms with Crippen LogP contribution in [0.25, 0.3) is 0 Å². The molecule has 1 rings (SSSR count). The van der Waals surface area contributed by atoms with Crippen molar-refractivity contribution in [1.29, 1.82) is 0 Å². The second-order valence-electron chi connectivity index (χ2n) is 5.88. The molecular weight excluding hydrogens is 206 g/mol. The lowest BCUT2D eigenvalue weighted by Gasteiger charge is -2.27. The Morgan fingerprint density at radius 1 is 1.56 bits per heavy atom. The van der Waals surface area contributed by atoms with Gasteiger partial charge in [-0.15, -0.1) is 0 Å². The van der Waals surface area contributed by atoms with Crippen molar-refractivity contribution < 1.29 is 14.6 Å². The van der Waals surface area contributed by atoms with Crippen LogP contribution in [-0.2, 0) is 9.53 Å². The van der Waals surface area contributed by atoms with Crippen LogP contribution in [0.2, 0.25) is 0 Å². The molecule has 2 N–H and O–H groups in total. The zero-order chi connectivity index (χ0) is 12.4. The van der Waals surface area contributed by atoms with Crippen molar-refractivity contribution in [1.82, 2.24) is 5.32 Å². The number of aliphatic hydroxyl groups is 1. The molecule has 2 atom stereocenters. The van der Waals surface area contributed by atoms with E-state index in [1.807, 2.05) is 27.7 Å². The largest absolute Gasteiger partial charge is 0.385 e. The van der Waals surface area contributed by atoms with Gasteiger partial charge in [-0.05, 0) is 12.3 Å². The first-order valence-corrected chi connectivity index (χ1v) is 5.84. The predicted octanol–water partition coefficient (Wildman–Crippen LogP) is 1.08. The summed E-state index contributed by atoms with van der Waals surface area (Å²) in [6, 6.07) is 0. The maximum Gasteiger partial charge on any atom is 0.220 e. The van der Waals surface area contributed by atoms with Crippen molar-refractivity contribution in [2.45, 2.75) is 52.2 Å². The highest BCUT2D eigenvalue weighted by molar-refractivity contribution is 5.76. The maximum atomic E-state index is 11.6. The van der Waals surface area contributed by atoms with Gasteiger partial charge in [-0.1, -0.05) is 20.8 Å². The highest BCUT2D eigenvalue weighted by Gasteiger charge is 2.39. The molecule has 0 bridgehead atoms. The summed E-state index contributed by atoms with van der Waals surface area (Å²) in [6.45, 7) is 8.73. The minimum atomic E-state index is -0.895. The number of nitrogens with one attached hydrogen (secondary N) is 1. The Balaban J connectivity index is 2.37. The highest BCUT2D eigenvalue weighted by Crippen LogP contribution is 2.25. The van der Waals surface area contributed by atoms with Gasteiger partial charge in [0.1, 0.15) is 5.60 Å². The van der Waals surface area contributed by atoms with Crippen molar-refractivity contribution in [2.24, 2.45) is 5.41 Å². The fraction of sp³-hybridized carbons (Fsp3) is 0.917. The van der Waals surface area contributed by atoms with E-state index in [1.165, 1.54) is 0 Å². The molecule has 2 unspecified atom stereocenters. The minimum Gasteiger partial charge on any atom is -0.385 e. The van der Waals surface area contributed by atoms with Crippen molar-refractivity contribution in [3.05, 3.63) is 0 Å². The van der Waals surface area contributed by atoms with E-state index in [4.69, 9.17) is 4.74 Å². The average Bonchev–Trinajstić information content (AvgIpc) is 2.42. The van der Waals surface area contributed by atoms with Gasteiger partial charge in [-0.25, -0.2) is 0 Å². The van der Waals surface area contributed by atoms with Gasteiger partial charge in [0.05, 0.1) is 6.10 Å². The molecule has 1 saturated heterocycles. The number of hydrogen-bond acceptors (Lipinski definition) is 3. The zero-order valence-electron chi connectivity index (χ0n) is 10.7. The van der Waals surface area contributed by atoms with E-state index in [2.05, 4.69) is 5.32 Å². The van der Waals surface area contributed by atoms with Crippen LogP contribution in [0, 0.1) is 5.41 Å². The first-order chi connectivity index (χ1) is 7.23. The maximum absolute atomic E-state index is 11.6. The smallest absolute Gasteiger partial charge is 0.220 e. The third-order valence-corrected chi connectivity index (χ3v) is 2.94. The van der Waals surface area contributed by atoms with E-state index in [0.29, 0.717) is 19.4 Å². The summed E-state index contributed by atoms with van der Waals surface area (Å²) in [4.78, 5) is 11.6. The van der Waals surface area contributed by atoms with Crippen molar-refractivity contribution in [2.75, 3.05) is 13.2 Å². The molecule has 0 aromatic heterocycles. The van der Waals surface area contributed by atoms with Crippen molar-refractivity contribution in [3.63, 3.8) is 0 Å². The predicted molar refractivity (Wildman–Crippen MR) is 62.1 cm³/mol. The van der Waals surface area contributed by atoms with Crippen LogP contribution in [0.4, 0.5) is 0 Å². The lowest BCUT2D eigenvalue weighted by Crippen LogP contribution is -2.47. The highest BCUT2D eigenvalue weighted by atomic mass is 16.5. The second-order valence-corrected chi connectivity index (χ2v) is 5.88. The molecule has 4 heteroatoms. The van der Waals surface area contributed by atoms with E-state index in [9.17, 15) is 9.90 Å². The number of ether oxygens (including phenoxy) is 1. The molecule has 0 aliphatic carbocycles. The second kappa shape index (κ2) is 4.72. The lowest BCUT2D eigenvalue weighted by atomic mass is 9.91. The van der Waals surface area contributed by atoms with Crippen LogP contribution in [-0.4, -0.2) is 35.9 Å². The van der Waals surface area contributed by atoms with Gasteiger partial charge in [0.15, 0.2) is 0 Å². The van der Waals surface area contributed by atoms with Crippen molar-refractivity contribution >= 4 is 5.91 Å². The van der Waals surface area contributed by atoms with E-state index in [1.54, 1.807) is 0 Å². The Hall–Kier alpha value is -0.610. The van der Waals surface area contributed by atoms with Crippen LogP contribution in [0.15, 0.2) is 0 Å². The zero-order valence-corrected chi connectivity index (χ0v) is 10.7. The topological polar surface area (TPSA) is 58.6 Å². The molecule has 0 aromatic carbocycles. The Morgan fingerprint density at radius 2 is 2.19 bits per heavy atom. The first kappa shape index (κ1) is 13.5. The SMILES string of the molecule is CC1OCCC1(O)CNC(=O)CC(C)(C)C. The Kier molecular flexibility index (Phi) is 3.97. The number of hydrogen-bond donors (Lipinski definition) is 2. The number of carbonyl (C=O) groups is 1. The quantitative estimate of drug-likeness (QED) is 0.761. The third kappa shape index (κ3) is 3.76. The molecule has 1 fully saturated rings. The first-order valence-electron chi connectivity index (χ1n) is 5.84. The van der Waals surface area contributed by atoms with Gasteiger partial charge in [0.25, 0.3) is 0 Å². The van der Waals surface area contributed by atoms with Crippen LogP contribution >= 0.6 is 0 Å². The van der Waals surface area contributed by atoms with Crippen molar-refractivity contribution in [3.8, 4) is 0 Å². The summed E-state index contributed by atoms with van der Waals surface area (Å²) in [5.74, 6) is -0.0139. The fourth-order valence-electron chi connectivity index (χ4n) is 1.80. The molecule has 0 spiro atoms. The lowest BCUT2D eigenvalue weighted by molar-refractivity contribution is -0.124. The summed E-state index contributed by atoms with van der Waals surface area (Å²) >= 11 is 0. The van der Waals surface area contributed by atoms with Gasteiger partial charge in [-0.3, -0.25) is 4.79 Å². The molecule has 0 saturated carbocycles. The normalized spacial score (nSPS) is 30.4. The van der Waals surface area contributed by atoms with Gasteiger partial charge >= 0.3 is 0 Å². The van der Waals surface area contributed by atoms with Crippen LogP contribution in [0.5, 0.6) is 0 Å². The molecular formula is C12H23NO3. The van der Waals surface area contributed by atoms with Gasteiger partial charge in [-0.2, -0.15) is 0 Å². The molecule has 0 aromatic rings. The molecule has 1 aliphatic rings. The van der Waals surface area contributed by atoms with E-state index >= 15 is 0 Å². The molecule has 1 aliphatic heterocycles. The standard InChI is InChI=1S/C12H23NO3/c1-9-12(15,5-6-16-9)8-13-10(14)7-11(2,3)4/h9,15H,5-8H2,1-4H3,(H,13,14). The summed E-state index contributed by atoms with van der Waals surface area (Å²) in [5.41, 5.74) is -0.919. The van der Waals surface area contributed by atoms with E-state index < -0.39 is 5.60 Å². The Labute approximate surface area is 97.4 Å². The van der Waals surface area contributed by atoms with E-state index in [0.717, 1.165) is 0 Å². The molecule has 1 amide bonds.